The van der Waals surface area contributed by atoms with E-state index in [0.717, 1.165) is 22.6 Å². The van der Waals surface area contributed by atoms with E-state index >= 15 is 0 Å². The largest absolute Gasteiger partial charge is 0.438 e. The third-order valence-corrected chi connectivity index (χ3v) is 4.76. The number of pyridine rings is 1. The van der Waals surface area contributed by atoms with Crippen LogP contribution in [0.3, 0.4) is 0 Å². The second kappa shape index (κ2) is 8.65. The smallest absolute Gasteiger partial charge is 0.223 e. The Labute approximate surface area is 177 Å². The Kier molecular flexibility index (Phi) is 5.60. The van der Waals surface area contributed by atoms with Crippen molar-refractivity contribution in [1.29, 1.82) is 0 Å². The van der Waals surface area contributed by atoms with Crippen LogP contribution in [0.5, 0.6) is 11.6 Å². The van der Waals surface area contributed by atoms with Gasteiger partial charge in [0.15, 0.2) is 5.78 Å². The summed E-state index contributed by atoms with van der Waals surface area (Å²) in [4.78, 5) is 19.4. The van der Waals surface area contributed by atoms with E-state index in [2.05, 4.69) is 15.0 Å². The van der Waals surface area contributed by atoms with Crippen LogP contribution < -0.4 is 4.74 Å². The molecule has 0 atom stereocenters. The van der Waals surface area contributed by atoms with E-state index in [1.165, 1.54) is 19.1 Å². The Morgan fingerprint density at radius 1 is 1.10 bits per heavy atom. The fourth-order valence-corrected chi connectivity index (χ4v) is 3.31. The summed E-state index contributed by atoms with van der Waals surface area (Å²) in [6.45, 7) is 1.36. The molecular formula is C24H17FN4O2. The fourth-order valence-electron chi connectivity index (χ4n) is 3.31. The van der Waals surface area contributed by atoms with Crippen LogP contribution in [0.15, 0.2) is 77.9 Å². The minimum atomic E-state index is -0.515. The molecule has 0 saturated heterocycles. The maximum atomic E-state index is 13.7. The van der Waals surface area contributed by atoms with Gasteiger partial charge in [0.05, 0.1) is 11.1 Å². The number of nitrogens with zero attached hydrogens (tertiary/aromatic N) is 4. The number of aromatic nitrogens is 1. The highest BCUT2D eigenvalue weighted by molar-refractivity contribution is 5.97. The van der Waals surface area contributed by atoms with E-state index in [9.17, 15) is 9.18 Å². The molecule has 0 aliphatic rings. The molecule has 0 unspecified atom stereocenters. The third-order valence-electron chi connectivity index (χ3n) is 4.76. The number of hydrogen-bond acceptors (Lipinski definition) is 4. The number of carbonyl (C=O) groups is 1. The molecule has 4 aromatic rings. The van der Waals surface area contributed by atoms with E-state index in [1.54, 1.807) is 18.2 Å². The number of rotatable bonds is 6. The highest BCUT2D eigenvalue weighted by atomic mass is 19.1. The number of ether oxygens (including phenoxy) is 1. The monoisotopic (exact) mass is 412 g/mol. The number of fused-ring (bicyclic) bond motifs is 1. The summed E-state index contributed by atoms with van der Waals surface area (Å²) in [6, 6.07) is 20.7. The van der Waals surface area contributed by atoms with Gasteiger partial charge in [0.2, 0.25) is 5.88 Å². The molecule has 0 spiro atoms. The van der Waals surface area contributed by atoms with Crippen LogP contribution in [0.2, 0.25) is 0 Å². The predicted octanol–water partition coefficient (Wildman–Crippen LogP) is 6.90. The van der Waals surface area contributed by atoms with E-state index in [-0.39, 0.29) is 17.1 Å². The summed E-state index contributed by atoms with van der Waals surface area (Å²) in [5.74, 6) is -0.263. The molecule has 0 bridgehead atoms. The minimum absolute atomic E-state index is 0.145. The zero-order chi connectivity index (χ0) is 21.8. The van der Waals surface area contributed by atoms with Gasteiger partial charge in [-0.1, -0.05) is 41.5 Å². The van der Waals surface area contributed by atoms with Crippen molar-refractivity contribution >= 4 is 22.4 Å². The molecule has 0 aliphatic heterocycles. The Balaban J connectivity index is 1.84. The van der Waals surface area contributed by atoms with Crippen molar-refractivity contribution in [1.82, 2.24) is 4.98 Å². The van der Waals surface area contributed by atoms with Crippen molar-refractivity contribution in [3.05, 3.63) is 106 Å². The number of azide groups is 1. The van der Waals surface area contributed by atoms with E-state index < -0.39 is 5.82 Å². The first-order valence-corrected chi connectivity index (χ1v) is 9.54. The highest BCUT2D eigenvalue weighted by Gasteiger charge is 2.15. The van der Waals surface area contributed by atoms with E-state index in [1.807, 2.05) is 36.4 Å². The second-order valence-corrected chi connectivity index (χ2v) is 6.98. The number of hydrogen-bond donors (Lipinski definition) is 0. The van der Waals surface area contributed by atoms with Gasteiger partial charge >= 0.3 is 0 Å². The van der Waals surface area contributed by atoms with Crippen LogP contribution in [0.25, 0.3) is 21.3 Å². The summed E-state index contributed by atoms with van der Waals surface area (Å²) < 4.78 is 19.7. The lowest BCUT2D eigenvalue weighted by Gasteiger charge is -2.14. The van der Waals surface area contributed by atoms with Gasteiger partial charge in [0.25, 0.3) is 0 Å². The number of carbonyl (C=O) groups excluding carboxylic acids is 1. The summed E-state index contributed by atoms with van der Waals surface area (Å²) in [7, 11) is 0. The quantitative estimate of drug-likeness (QED) is 0.149. The molecule has 152 valence electrons. The standard InChI is InChI=1S/C24H17FN4O2/c1-15(30)21-14-19(25)7-10-23(21)31-24-18(11-16-5-3-2-4-6-16)12-17-13-20(28-29-26)8-9-22(17)27-24/h2-10,12-14H,11H2,1H3. The highest BCUT2D eigenvalue weighted by Crippen LogP contribution is 2.32. The van der Waals surface area contributed by atoms with Crippen molar-refractivity contribution < 1.29 is 13.9 Å². The van der Waals surface area contributed by atoms with Gasteiger partial charge in [0, 0.05) is 28.0 Å². The normalized spacial score (nSPS) is 10.5. The Bertz CT molecular complexity index is 1330. The molecular weight excluding hydrogens is 395 g/mol. The molecule has 7 heteroatoms. The van der Waals surface area contributed by atoms with Gasteiger partial charge < -0.3 is 4.74 Å². The number of ketones is 1. The predicted molar refractivity (Wildman–Crippen MR) is 116 cm³/mol. The van der Waals surface area contributed by atoms with Crippen molar-refractivity contribution in [3.8, 4) is 11.6 Å². The third kappa shape index (κ3) is 4.52. The lowest BCUT2D eigenvalue weighted by molar-refractivity contribution is 0.101. The van der Waals surface area contributed by atoms with Gasteiger partial charge in [0.1, 0.15) is 11.6 Å². The molecule has 0 fully saturated rings. The average molecular weight is 412 g/mol. The van der Waals surface area contributed by atoms with E-state index in [4.69, 9.17) is 10.3 Å². The lowest BCUT2D eigenvalue weighted by Crippen LogP contribution is -2.02. The zero-order valence-corrected chi connectivity index (χ0v) is 16.6. The van der Waals surface area contributed by atoms with E-state index in [0.29, 0.717) is 23.5 Å². The SMILES string of the molecule is CC(=O)c1cc(F)ccc1Oc1nc2ccc(N=[N+]=[N-])cc2cc1Cc1ccccc1. The van der Waals surface area contributed by atoms with Gasteiger partial charge in [-0.3, -0.25) is 4.79 Å². The van der Waals surface area contributed by atoms with Gasteiger partial charge in [-0.05, 0) is 54.4 Å². The molecule has 0 amide bonds. The molecule has 1 aromatic heterocycles. The maximum absolute atomic E-state index is 13.7. The average Bonchev–Trinajstić information content (AvgIpc) is 2.76. The molecule has 6 nitrogen and oxygen atoms in total. The van der Waals surface area contributed by atoms with Gasteiger partial charge in [-0.2, -0.15) is 0 Å². The van der Waals surface area contributed by atoms with Gasteiger partial charge in [-0.25, -0.2) is 9.37 Å². The number of halogens is 1. The molecule has 31 heavy (non-hydrogen) atoms. The molecule has 1 heterocycles. The topological polar surface area (TPSA) is 88.0 Å². The minimum Gasteiger partial charge on any atom is -0.438 e. The Morgan fingerprint density at radius 2 is 1.90 bits per heavy atom. The summed E-state index contributed by atoms with van der Waals surface area (Å²) in [5, 5.41) is 4.43. The molecule has 3 aromatic carbocycles. The van der Waals surface area contributed by atoms with Crippen LogP contribution in [0.1, 0.15) is 28.4 Å². The van der Waals surface area contributed by atoms with Crippen LogP contribution in [0.4, 0.5) is 10.1 Å². The Hall–Kier alpha value is -4.22. The van der Waals surface area contributed by atoms with Crippen molar-refractivity contribution in [3.63, 3.8) is 0 Å². The molecule has 4 rings (SSSR count). The van der Waals surface area contributed by atoms with Crippen molar-refractivity contribution in [2.75, 3.05) is 0 Å². The molecule has 0 aliphatic carbocycles. The first kappa shape index (κ1) is 20.1. The molecule has 0 radical (unpaired) electrons. The summed E-state index contributed by atoms with van der Waals surface area (Å²) in [6.07, 6.45) is 0.529. The number of Topliss-reactive ketones (excluding diaryl/α,β-unsaturated/α-hetero) is 1. The van der Waals surface area contributed by atoms with Crippen LogP contribution in [-0.2, 0) is 6.42 Å². The molecule has 0 saturated carbocycles. The van der Waals surface area contributed by atoms with Crippen molar-refractivity contribution in [2.24, 2.45) is 5.11 Å². The Morgan fingerprint density at radius 3 is 2.65 bits per heavy atom. The van der Waals surface area contributed by atoms with Crippen molar-refractivity contribution in [2.45, 2.75) is 13.3 Å². The van der Waals surface area contributed by atoms with Crippen LogP contribution >= 0.6 is 0 Å². The fraction of sp³-hybridized carbons (Fsp3) is 0.0833. The van der Waals surface area contributed by atoms with Crippen LogP contribution in [0, 0.1) is 5.82 Å². The molecule has 0 N–H and O–H groups in total. The van der Waals surface area contributed by atoms with Gasteiger partial charge in [-0.15, -0.1) is 0 Å². The summed E-state index contributed by atoms with van der Waals surface area (Å²) >= 11 is 0. The second-order valence-electron chi connectivity index (χ2n) is 6.98. The zero-order valence-electron chi connectivity index (χ0n) is 16.6. The first-order chi connectivity index (χ1) is 15.0. The van der Waals surface area contributed by atoms with Crippen LogP contribution in [-0.4, -0.2) is 10.8 Å². The number of benzene rings is 3. The summed E-state index contributed by atoms with van der Waals surface area (Å²) in [5.41, 5.74) is 11.8. The lowest BCUT2D eigenvalue weighted by atomic mass is 10.0. The maximum Gasteiger partial charge on any atom is 0.223 e. The first-order valence-electron chi connectivity index (χ1n) is 9.54.